The summed E-state index contributed by atoms with van der Waals surface area (Å²) in [6.45, 7) is 0.717. The van der Waals surface area contributed by atoms with Crippen molar-refractivity contribution in [2.24, 2.45) is 0 Å². The quantitative estimate of drug-likeness (QED) is 0.578. The van der Waals surface area contributed by atoms with Gasteiger partial charge in [-0.3, -0.25) is 0 Å². The fourth-order valence-corrected chi connectivity index (χ4v) is 1.30. The van der Waals surface area contributed by atoms with Crippen molar-refractivity contribution in [3.63, 3.8) is 0 Å². The smallest absolute Gasteiger partial charge is 0.260 e. The van der Waals surface area contributed by atoms with Crippen molar-refractivity contribution in [3.8, 4) is 0 Å². The van der Waals surface area contributed by atoms with Crippen molar-refractivity contribution >= 4 is 0 Å². The maximum absolute atomic E-state index is 13.2. The van der Waals surface area contributed by atoms with E-state index in [0.717, 1.165) is 6.08 Å². The van der Waals surface area contributed by atoms with E-state index in [-0.39, 0.29) is 0 Å². The van der Waals surface area contributed by atoms with Gasteiger partial charge in [-0.15, -0.1) is 0 Å². The zero-order valence-corrected chi connectivity index (χ0v) is 6.37. The molecule has 0 spiro atoms. The second kappa shape index (κ2) is 2.57. The van der Waals surface area contributed by atoms with E-state index < -0.39 is 12.0 Å². The van der Waals surface area contributed by atoms with Gasteiger partial charge in [-0.25, -0.2) is 4.39 Å². The topological polar surface area (TPSA) is 38.7 Å². The minimum Gasteiger partial charge on any atom is -0.493 e. The molecule has 0 radical (unpaired) electrons. The molecule has 0 bridgehead atoms. The first-order valence-electron chi connectivity index (χ1n) is 3.75. The number of aliphatic hydroxyl groups is 1. The third-order valence-corrected chi connectivity index (χ3v) is 1.85. The summed E-state index contributed by atoms with van der Waals surface area (Å²) in [5.74, 6) is -2.07. The number of hydrogen-bond acceptors (Lipinski definition) is 3. The minimum atomic E-state index is -2.43. The maximum atomic E-state index is 13.2. The maximum Gasteiger partial charge on any atom is 0.260 e. The molecule has 0 aromatic carbocycles. The summed E-state index contributed by atoms with van der Waals surface area (Å²) in [6.07, 6.45) is 3.07. The molecule has 0 saturated carbocycles. The van der Waals surface area contributed by atoms with Crippen LogP contribution in [0.2, 0.25) is 0 Å². The standard InChI is InChI=1S/C8H9FO3/c9-8(10)3-1-2-6-7(8)12-5-4-11-6/h1-3,7,10H,4-5H2. The van der Waals surface area contributed by atoms with Gasteiger partial charge in [0.05, 0.1) is 6.61 Å². The first kappa shape index (κ1) is 7.76. The molecule has 1 aliphatic heterocycles. The number of ether oxygens (including phenoxy) is 2. The largest absolute Gasteiger partial charge is 0.493 e. The van der Waals surface area contributed by atoms with Crippen molar-refractivity contribution in [2.45, 2.75) is 12.0 Å². The highest BCUT2D eigenvalue weighted by molar-refractivity contribution is 5.25. The lowest BCUT2D eigenvalue weighted by Gasteiger charge is -2.33. The summed E-state index contributed by atoms with van der Waals surface area (Å²) < 4.78 is 23.4. The van der Waals surface area contributed by atoms with Gasteiger partial charge in [-0.05, 0) is 12.2 Å². The van der Waals surface area contributed by atoms with Crippen molar-refractivity contribution in [3.05, 3.63) is 24.0 Å². The van der Waals surface area contributed by atoms with Crippen LogP contribution >= 0.6 is 0 Å². The van der Waals surface area contributed by atoms with Crippen LogP contribution in [0.5, 0.6) is 0 Å². The van der Waals surface area contributed by atoms with Crippen molar-refractivity contribution < 1.29 is 19.0 Å². The average molecular weight is 172 g/mol. The molecule has 2 aliphatic rings. The van der Waals surface area contributed by atoms with Gasteiger partial charge in [-0.2, -0.15) is 0 Å². The average Bonchev–Trinajstić information content (AvgIpc) is 2.04. The Bertz CT molecular complexity index is 245. The van der Waals surface area contributed by atoms with Gasteiger partial charge in [0, 0.05) is 0 Å². The second-order valence-corrected chi connectivity index (χ2v) is 2.76. The van der Waals surface area contributed by atoms with Crippen LogP contribution in [0.4, 0.5) is 4.39 Å². The fourth-order valence-electron chi connectivity index (χ4n) is 1.30. The molecule has 0 aromatic heterocycles. The second-order valence-electron chi connectivity index (χ2n) is 2.76. The Balaban J connectivity index is 2.27. The van der Waals surface area contributed by atoms with Crippen LogP contribution in [0.15, 0.2) is 24.0 Å². The molecule has 66 valence electrons. The first-order chi connectivity index (χ1) is 5.70. The SMILES string of the molecule is OC1(F)C=CC=C2OCCOC21. The molecule has 0 aromatic rings. The first-order valence-corrected chi connectivity index (χ1v) is 3.75. The predicted molar refractivity (Wildman–Crippen MR) is 39.0 cm³/mol. The van der Waals surface area contributed by atoms with E-state index in [1.807, 2.05) is 0 Å². The number of allylic oxidation sites excluding steroid dienone is 2. The zero-order valence-electron chi connectivity index (χ0n) is 6.37. The number of hydrogen-bond donors (Lipinski definition) is 1. The van der Waals surface area contributed by atoms with E-state index in [4.69, 9.17) is 9.47 Å². The van der Waals surface area contributed by atoms with E-state index in [0.29, 0.717) is 19.0 Å². The van der Waals surface area contributed by atoms with Gasteiger partial charge in [0.15, 0.2) is 6.10 Å². The van der Waals surface area contributed by atoms with Crippen LogP contribution in [-0.2, 0) is 9.47 Å². The van der Waals surface area contributed by atoms with Crippen molar-refractivity contribution in [1.82, 2.24) is 0 Å². The number of rotatable bonds is 0. The van der Waals surface area contributed by atoms with Gasteiger partial charge in [0.2, 0.25) is 0 Å². The Hall–Kier alpha value is -0.870. The molecule has 1 heterocycles. The minimum absolute atomic E-state index is 0.308. The van der Waals surface area contributed by atoms with Crippen LogP contribution in [0.1, 0.15) is 0 Å². The Morgan fingerprint density at radius 2 is 2.42 bits per heavy atom. The highest BCUT2D eigenvalue weighted by Gasteiger charge is 2.42. The molecule has 12 heavy (non-hydrogen) atoms. The van der Waals surface area contributed by atoms with Crippen LogP contribution in [0.25, 0.3) is 0 Å². The number of alkyl halides is 1. The zero-order chi connectivity index (χ0) is 8.60. The molecule has 2 rings (SSSR count). The summed E-state index contributed by atoms with van der Waals surface area (Å²) in [4.78, 5) is 0. The number of fused-ring (bicyclic) bond motifs is 1. The van der Waals surface area contributed by atoms with Gasteiger partial charge >= 0.3 is 0 Å². The molecule has 1 saturated heterocycles. The molecular weight excluding hydrogens is 163 g/mol. The van der Waals surface area contributed by atoms with E-state index in [2.05, 4.69) is 0 Å². The predicted octanol–water partition coefficient (Wildman–Crippen LogP) is 0.514. The van der Waals surface area contributed by atoms with Crippen LogP contribution in [-0.4, -0.2) is 30.3 Å². The molecule has 3 nitrogen and oxygen atoms in total. The Kier molecular flexibility index (Phi) is 1.66. The summed E-state index contributed by atoms with van der Waals surface area (Å²) >= 11 is 0. The summed E-state index contributed by atoms with van der Waals surface area (Å²) in [5, 5.41) is 9.17. The molecule has 1 N–H and O–H groups in total. The summed E-state index contributed by atoms with van der Waals surface area (Å²) in [5.41, 5.74) is 0. The summed E-state index contributed by atoms with van der Waals surface area (Å²) in [6, 6.07) is 0. The fraction of sp³-hybridized carbons (Fsp3) is 0.500. The third kappa shape index (κ3) is 1.13. The molecule has 2 unspecified atom stereocenters. The van der Waals surface area contributed by atoms with E-state index in [9.17, 15) is 9.50 Å². The highest BCUT2D eigenvalue weighted by atomic mass is 19.2. The Labute approximate surface area is 69.1 Å². The monoisotopic (exact) mass is 172 g/mol. The normalized spacial score (nSPS) is 39.8. The molecule has 1 fully saturated rings. The lowest BCUT2D eigenvalue weighted by Crippen LogP contribution is -2.44. The van der Waals surface area contributed by atoms with Gasteiger partial charge in [0.25, 0.3) is 5.85 Å². The van der Waals surface area contributed by atoms with Gasteiger partial charge in [-0.1, -0.05) is 6.08 Å². The number of halogens is 1. The van der Waals surface area contributed by atoms with Gasteiger partial charge in [0.1, 0.15) is 12.4 Å². The molecule has 4 heteroatoms. The van der Waals surface area contributed by atoms with Gasteiger partial charge < -0.3 is 14.6 Å². The van der Waals surface area contributed by atoms with E-state index in [1.54, 1.807) is 6.08 Å². The summed E-state index contributed by atoms with van der Waals surface area (Å²) in [7, 11) is 0. The Morgan fingerprint density at radius 3 is 3.17 bits per heavy atom. The van der Waals surface area contributed by atoms with E-state index >= 15 is 0 Å². The van der Waals surface area contributed by atoms with Crippen LogP contribution in [0.3, 0.4) is 0 Å². The molecule has 2 atom stereocenters. The lowest BCUT2D eigenvalue weighted by atomic mass is 10.0. The van der Waals surface area contributed by atoms with Crippen molar-refractivity contribution in [2.75, 3.05) is 13.2 Å². The molecule has 0 amide bonds. The highest BCUT2D eigenvalue weighted by Crippen LogP contribution is 2.30. The lowest BCUT2D eigenvalue weighted by molar-refractivity contribution is -0.180. The van der Waals surface area contributed by atoms with Crippen LogP contribution in [0, 0.1) is 0 Å². The van der Waals surface area contributed by atoms with Crippen LogP contribution < -0.4 is 0 Å². The molecule has 1 aliphatic carbocycles. The molecular formula is C8H9FO3. The van der Waals surface area contributed by atoms with E-state index in [1.165, 1.54) is 6.08 Å². The Morgan fingerprint density at radius 1 is 1.58 bits per heavy atom. The van der Waals surface area contributed by atoms with Crippen molar-refractivity contribution in [1.29, 1.82) is 0 Å². The third-order valence-electron chi connectivity index (χ3n) is 1.85.